The molecule has 112 valence electrons. The van der Waals surface area contributed by atoms with E-state index in [9.17, 15) is 13.5 Å². The van der Waals surface area contributed by atoms with Gasteiger partial charge in [0.1, 0.15) is 5.75 Å². The first-order valence-electron chi connectivity index (χ1n) is 6.41. The van der Waals surface area contributed by atoms with Crippen LogP contribution >= 0.6 is 0 Å². The van der Waals surface area contributed by atoms with Crippen molar-refractivity contribution >= 4 is 15.7 Å². The number of nitrogens with two attached hydrogens (primary N) is 1. The predicted octanol–water partition coefficient (Wildman–Crippen LogP) is 2.10. The van der Waals surface area contributed by atoms with Crippen molar-refractivity contribution in [2.24, 2.45) is 0 Å². The van der Waals surface area contributed by atoms with Gasteiger partial charge >= 0.3 is 0 Å². The van der Waals surface area contributed by atoms with Crippen molar-refractivity contribution < 1.29 is 13.5 Å². The Morgan fingerprint density at radius 1 is 1.19 bits per heavy atom. The van der Waals surface area contributed by atoms with E-state index >= 15 is 0 Å². The topological polar surface area (TPSA) is 83.6 Å². The molecule has 2 aromatic rings. The maximum Gasteiger partial charge on any atom is 0.243 e. The molecule has 0 saturated carbocycles. The van der Waals surface area contributed by atoms with E-state index < -0.39 is 10.0 Å². The Bertz CT molecular complexity index is 737. The summed E-state index contributed by atoms with van der Waals surface area (Å²) in [6, 6.07) is 11.4. The summed E-state index contributed by atoms with van der Waals surface area (Å²) < 4.78 is 26.3. The van der Waals surface area contributed by atoms with E-state index in [0.717, 1.165) is 5.56 Å². The van der Waals surface area contributed by atoms with Gasteiger partial charge in [-0.1, -0.05) is 18.2 Å². The van der Waals surface area contributed by atoms with E-state index in [2.05, 4.69) is 0 Å². The molecule has 0 atom stereocenters. The van der Waals surface area contributed by atoms with Crippen LogP contribution in [-0.4, -0.2) is 24.9 Å². The summed E-state index contributed by atoms with van der Waals surface area (Å²) in [6.07, 6.45) is 0. The molecule has 0 amide bonds. The van der Waals surface area contributed by atoms with Gasteiger partial charge in [0.25, 0.3) is 0 Å². The molecule has 0 fully saturated rings. The zero-order valence-electron chi connectivity index (χ0n) is 11.9. The summed E-state index contributed by atoms with van der Waals surface area (Å²) in [5.74, 6) is 0.0725. The lowest BCUT2D eigenvalue weighted by Crippen LogP contribution is -2.26. The standard InChI is InChI=1S/C15H18N2O3S/c1-11-7-13(16)9-14(8-11)21(19,20)17(2)10-12-5-3-4-6-15(12)18/h3-9,18H,10,16H2,1-2H3. The third kappa shape index (κ3) is 3.34. The van der Waals surface area contributed by atoms with Gasteiger partial charge in [-0.25, -0.2) is 8.42 Å². The maximum atomic E-state index is 12.5. The van der Waals surface area contributed by atoms with Crippen molar-refractivity contribution in [1.29, 1.82) is 0 Å². The lowest BCUT2D eigenvalue weighted by molar-refractivity contribution is 0.436. The van der Waals surface area contributed by atoms with Crippen LogP contribution in [0, 0.1) is 6.92 Å². The predicted molar refractivity (Wildman–Crippen MR) is 82.4 cm³/mol. The number of phenols is 1. The van der Waals surface area contributed by atoms with E-state index in [1.165, 1.54) is 23.5 Å². The molecule has 0 saturated heterocycles. The molecule has 0 radical (unpaired) electrons. The number of para-hydroxylation sites is 1. The molecule has 0 aromatic heterocycles. The largest absolute Gasteiger partial charge is 0.508 e. The first-order valence-corrected chi connectivity index (χ1v) is 7.85. The molecule has 2 aromatic carbocycles. The Morgan fingerprint density at radius 2 is 1.86 bits per heavy atom. The minimum absolute atomic E-state index is 0.0725. The third-order valence-electron chi connectivity index (χ3n) is 3.17. The summed E-state index contributed by atoms with van der Waals surface area (Å²) in [7, 11) is -2.18. The van der Waals surface area contributed by atoms with Crippen LogP contribution in [0.3, 0.4) is 0 Å². The van der Waals surface area contributed by atoms with Crippen LogP contribution in [0.25, 0.3) is 0 Å². The molecule has 3 N–H and O–H groups in total. The SMILES string of the molecule is Cc1cc(N)cc(S(=O)(=O)N(C)Cc2ccccc2O)c1. The number of nitrogens with zero attached hydrogens (tertiary/aromatic N) is 1. The van der Waals surface area contributed by atoms with Gasteiger partial charge in [-0.05, 0) is 36.8 Å². The fraction of sp³-hybridized carbons (Fsp3) is 0.200. The second kappa shape index (κ2) is 5.75. The molecular weight excluding hydrogens is 288 g/mol. The van der Waals surface area contributed by atoms with Crippen LogP contribution < -0.4 is 5.73 Å². The Kier molecular flexibility index (Phi) is 4.20. The molecule has 0 unspecified atom stereocenters. The molecule has 21 heavy (non-hydrogen) atoms. The summed E-state index contributed by atoms with van der Waals surface area (Å²) in [6.45, 7) is 1.88. The average Bonchev–Trinajstić information content (AvgIpc) is 2.40. The average molecular weight is 306 g/mol. The van der Waals surface area contributed by atoms with Crippen molar-refractivity contribution in [2.75, 3.05) is 12.8 Å². The molecule has 0 aliphatic carbocycles. The summed E-state index contributed by atoms with van der Waals surface area (Å²) in [4.78, 5) is 0.151. The lowest BCUT2D eigenvalue weighted by atomic mass is 10.2. The molecular formula is C15H18N2O3S. The van der Waals surface area contributed by atoms with Crippen molar-refractivity contribution in [3.05, 3.63) is 53.6 Å². The monoisotopic (exact) mass is 306 g/mol. The van der Waals surface area contributed by atoms with Crippen LogP contribution in [-0.2, 0) is 16.6 Å². The summed E-state index contributed by atoms with van der Waals surface area (Å²) in [5.41, 5.74) is 7.44. The summed E-state index contributed by atoms with van der Waals surface area (Å²) >= 11 is 0. The van der Waals surface area contributed by atoms with Gasteiger partial charge in [0.2, 0.25) is 10.0 Å². The van der Waals surface area contributed by atoms with E-state index in [1.807, 2.05) is 0 Å². The van der Waals surface area contributed by atoms with Crippen molar-refractivity contribution in [3.63, 3.8) is 0 Å². The van der Waals surface area contributed by atoms with Crippen molar-refractivity contribution in [3.8, 4) is 5.75 Å². The summed E-state index contributed by atoms with van der Waals surface area (Å²) in [5, 5.41) is 9.74. The second-order valence-electron chi connectivity index (χ2n) is 4.97. The Morgan fingerprint density at radius 3 is 2.48 bits per heavy atom. The van der Waals surface area contributed by atoms with E-state index in [0.29, 0.717) is 11.3 Å². The smallest absolute Gasteiger partial charge is 0.243 e. The van der Waals surface area contributed by atoms with E-state index in [-0.39, 0.29) is 17.2 Å². The molecule has 2 rings (SSSR count). The van der Waals surface area contributed by atoms with Gasteiger partial charge in [0.05, 0.1) is 4.90 Å². The quantitative estimate of drug-likeness (QED) is 0.847. The number of sulfonamides is 1. The van der Waals surface area contributed by atoms with Gasteiger partial charge in [0, 0.05) is 24.8 Å². The normalized spacial score (nSPS) is 11.8. The first-order chi connectivity index (χ1) is 9.80. The number of anilines is 1. The number of aryl methyl sites for hydroxylation is 1. The third-order valence-corrected chi connectivity index (χ3v) is 4.95. The highest BCUT2D eigenvalue weighted by molar-refractivity contribution is 7.89. The minimum Gasteiger partial charge on any atom is -0.508 e. The van der Waals surface area contributed by atoms with Gasteiger partial charge in [-0.2, -0.15) is 4.31 Å². The molecule has 0 bridgehead atoms. The molecule has 0 aliphatic heterocycles. The second-order valence-corrected chi connectivity index (χ2v) is 7.01. The van der Waals surface area contributed by atoms with Gasteiger partial charge in [0.15, 0.2) is 0 Å². The highest BCUT2D eigenvalue weighted by atomic mass is 32.2. The Balaban J connectivity index is 2.33. The maximum absolute atomic E-state index is 12.5. The Labute approximate surface area is 124 Å². The van der Waals surface area contributed by atoms with Crippen LogP contribution in [0.2, 0.25) is 0 Å². The number of rotatable bonds is 4. The molecule has 5 nitrogen and oxygen atoms in total. The highest BCUT2D eigenvalue weighted by Crippen LogP contribution is 2.23. The van der Waals surface area contributed by atoms with Gasteiger partial charge in [-0.3, -0.25) is 0 Å². The first kappa shape index (κ1) is 15.3. The highest BCUT2D eigenvalue weighted by Gasteiger charge is 2.22. The van der Waals surface area contributed by atoms with Gasteiger partial charge in [-0.15, -0.1) is 0 Å². The number of nitrogen functional groups attached to an aromatic ring is 1. The van der Waals surface area contributed by atoms with Crippen molar-refractivity contribution in [2.45, 2.75) is 18.4 Å². The zero-order valence-corrected chi connectivity index (χ0v) is 12.8. The fourth-order valence-electron chi connectivity index (χ4n) is 2.07. The molecule has 0 heterocycles. The van der Waals surface area contributed by atoms with Gasteiger partial charge < -0.3 is 10.8 Å². The number of hydrogen-bond donors (Lipinski definition) is 2. The lowest BCUT2D eigenvalue weighted by Gasteiger charge is -2.18. The number of phenolic OH excluding ortho intramolecular Hbond substituents is 1. The zero-order chi connectivity index (χ0) is 15.6. The number of benzene rings is 2. The number of hydrogen-bond acceptors (Lipinski definition) is 4. The van der Waals surface area contributed by atoms with Crippen LogP contribution in [0.1, 0.15) is 11.1 Å². The molecule has 6 heteroatoms. The molecule has 0 aliphatic rings. The van der Waals surface area contributed by atoms with Crippen LogP contribution in [0.5, 0.6) is 5.75 Å². The Hall–Kier alpha value is -2.05. The molecule has 0 spiro atoms. The fourth-order valence-corrected chi connectivity index (χ4v) is 3.36. The number of aromatic hydroxyl groups is 1. The van der Waals surface area contributed by atoms with E-state index in [4.69, 9.17) is 5.73 Å². The van der Waals surface area contributed by atoms with Crippen molar-refractivity contribution in [1.82, 2.24) is 4.31 Å². The van der Waals surface area contributed by atoms with E-state index in [1.54, 1.807) is 37.3 Å². The van der Waals surface area contributed by atoms with Crippen LogP contribution in [0.4, 0.5) is 5.69 Å². The van der Waals surface area contributed by atoms with Crippen LogP contribution in [0.15, 0.2) is 47.4 Å². The minimum atomic E-state index is -3.66.